The number of carbonyl (C=O) groups excluding carboxylic acids is 1. The number of aliphatic imine (C=N–C) groups is 1. The summed E-state index contributed by atoms with van der Waals surface area (Å²) in [4.78, 5) is 27.6. The van der Waals surface area contributed by atoms with E-state index in [0.29, 0.717) is 6.42 Å². The number of carboxylic acid groups (broad SMARTS) is 1. The summed E-state index contributed by atoms with van der Waals surface area (Å²) in [6, 6.07) is 0. The normalized spacial score (nSPS) is 19.4. The lowest BCUT2D eigenvalue weighted by molar-refractivity contribution is -0.132. The van der Waals surface area contributed by atoms with Gasteiger partial charge in [-0.15, -0.1) is 0 Å². The molecular weight excluding hydrogens is 1150 g/mol. The summed E-state index contributed by atoms with van der Waals surface area (Å²) in [5.74, 6) is -3.40. The van der Waals surface area contributed by atoms with Gasteiger partial charge in [0.05, 0.1) is 79.4 Å². The summed E-state index contributed by atoms with van der Waals surface area (Å²) in [7, 11) is -4.97. The molecule has 0 spiro atoms. The van der Waals surface area contributed by atoms with Crippen molar-refractivity contribution >= 4 is 28.1 Å². The molecule has 0 aromatic carbocycles. The van der Waals surface area contributed by atoms with E-state index in [1.807, 2.05) is 31.2 Å². The number of nitrogens with two attached hydrogens (primary N) is 2. The van der Waals surface area contributed by atoms with Crippen LogP contribution in [0.4, 0.5) is 0 Å². The number of ketones is 1. The van der Waals surface area contributed by atoms with Gasteiger partial charge in [0.25, 0.3) is 0 Å². The highest BCUT2D eigenvalue weighted by atomic mass is 32.3. The number of unbranched alkanes of at least 4 members (excludes halogenated alkanes) is 1. The van der Waals surface area contributed by atoms with Crippen LogP contribution in [0.25, 0.3) is 0 Å². The third kappa shape index (κ3) is 43.9. The molecule has 0 radical (unpaired) electrons. The van der Waals surface area contributed by atoms with E-state index >= 15 is 0 Å². The number of aliphatic carboxylic acids is 1. The lowest BCUT2D eigenvalue weighted by Gasteiger charge is -2.26. The molecule has 87 heavy (non-hydrogen) atoms. The molecule has 23 nitrogen and oxygen atoms in total. The summed E-state index contributed by atoms with van der Waals surface area (Å²) in [5, 5.41) is 144. The zero-order chi connectivity index (χ0) is 65.9. The fourth-order valence-electron chi connectivity index (χ4n) is 8.42. The molecule has 0 aliphatic heterocycles. The lowest BCUT2D eigenvalue weighted by Crippen LogP contribution is -2.41. The van der Waals surface area contributed by atoms with Crippen molar-refractivity contribution < 1.29 is 98.2 Å². The first-order valence-corrected chi connectivity index (χ1v) is 30.6. The Morgan fingerprint density at radius 2 is 1.01 bits per heavy atom. The number of carbonyl (C=O) groups is 2. The van der Waals surface area contributed by atoms with Crippen LogP contribution in [0.15, 0.2) is 150 Å². The number of rotatable bonds is 48. The van der Waals surface area contributed by atoms with Crippen molar-refractivity contribution in [3.8, 4) is 0 Å². The van der Waals surface area contributed by atoms with Crippen molar-refractivity contribution in [2.45, 2.75) is 203 Å². The van der Waals surface area contributed by atoms with Gasteiger partial charge in [-0.3, -0.25) is 14.3 Å². The summed E-state index contributed by atoms with van der Waals surface area (Å²) < 4.78 is 37.4. The van der Waals surface area contributed by atoms with Gasteiger partial charge in [0.15, 0.2) is 5.96 Å². The molecule has 494 valence electrons. The number of guanidine groups is 1. The first-order chi connectivity index (χ1) is 40.9. The Hall–Kier alpha value is -5.36. The minimum Gasteiger partial charge on any atom is -0.478 e. The van der Waals surface area contributed by atoms with E-state index < -0.39 is 126 Å². The van der Waals surface area contributed by atoms with Crippen molar-refractivity contribution in [1.82, 2.24) is 0 Å². The van der Waals surface area contributed by atoms with E-state index in [9.17, 15) is 88.9 Å². The van der Waals surface area contributed by atoms with Gasteiger partial charge in [0.2, 0.25) is 0 Å². The number of Topliss-reactive ketones (excluding diaryl/α,β-unsaturated/α-hetero) is 1. The molecule has 0 rings (SSSR count). The van der Waals surface area contributed by atoms with Gasteiger partial charge in [-0.25, -0.2) is 8.98 Å². The third-order valence-electron chi connectivity index (χ3n) is 13.6. The van der Waals surface area contributed by atoms with Crippen LogP contribution in [0.3, 0.4) is 0 Å². The summed E-state index contributed by atoms with van der Waals surface area (Å²) in [5.41, 5.74) is 10.7. The zero-order valence-electron chi connectivity index (χ0n) is 50.5. The molecule has 0 aromatic rings. The van der Waals surface area contributed by atoms with Crippen molar-refractivity contribution in [3.63, 3.8) is 0 Å². The maximum atomic E-state index is 13.1. The smallest absolute Gasteiger partial charge is 0.397 e. The largest absolute Gasteiger partial charge is 0.478 e. The van der Waals surface area contributed by atoms with Crippen LogP contribution in [0.1, 0.15) is 118 Å². The van der Waals surface area contributed by atoms with Crippen molar-refractivity contribution in [1.29, 1.82) is 0 Å². The predicted octanol–water partition coefficient (Wildman–Crippen LogP) is 3.23. The Morgan fingerprint density at radius 3 is 1.55 bits per heavy atom. The van der Waals surface area contributed by atoms with E-state index in [-0.39, 0.29) is 88.2 Å². The molecule has 0 amide bonds. The quantitative estimate of drug-likeness (QED) is 0.00791. The van der Waals surface area contributed by atoms with Crippen LogP contribution in [0.5, 0.6) is 0 Å². The highest BCUT2D eigenvalue weighted by molar-refractivity contribution is 7.80. The van der Waals surface area contributed by atoms with Gasteiger partial charge in [-0.2, -0.15) is 8.42 Å². The van der Waals surface area contributed by atoms with Crippen LogP contribution in [0, 0.1) is 17.8 Å². The summed E-state index contributed by atoms with van der Waals surface area (Å²) in [6.45, 7) is 6.80. The van der Waals surface area contributed by atoms with Crippen LogP contribution in [-0.2, 0) is 24.2 Å². The van der Waals surface area contributed by atoms with Crippen molar-refractivity contribution in [3.05, 3.63) is 145 Å². The van der Waals surface area contributed by atoms with Gasteiger partial charge in [-0.05, 0) is 64.7 Å². The molecule has 0 bridgehead atoms. The van der Waals surface area contributed by atoms with E-state index in [2.05, 4.69) is 4.99 Å². The van der Waals surface area contributed by atoms with Crippen molar-refractivity contribution in [2.24, 2.45) is 34.2 Å². The average molecular weight is 1250 g/mol. The van der Waals surface area contributed by atoms with Crippen LogP contribution >= 0.6 is 0 Å². The van der Waals surface area contributed by atoms with Crippen LogP contribution in [-0.4, -0.2) is 194 Å². The van der Waals surface area contributed by atoms with Gasteiger partial charge in [0.1, 0.15) is 11.9 Å². The first kappa shape index (κ1) is 81.6. The molecule has 0 saturated carbocycles. The molecular formula is C63H101N3O20S. The van der Waals surface area contributed by atoms with Gasteiger partial charge < -0.3 is 83.0 Å². The van der Waals surface area contributed by atoms with Gasteiger partial charge >= 0.3 is 16.4 Å². The topological polar surface area (TPSA) is 445 Å². The number of hydrogen-bond donors (Lipinski definition) is 17. The standard InChI is InChI=1S/C63H101N3O20S/c1-43(26-19-15-11-10-12-16-20-27-44(2)62(81)82)60(79)46(4)55(75)33-21-17-13-8-6-5-7-9-14-18-22-34-59(86-87(83,84)85)45(3)56(76)41-53(73)38-49(69)30-23-28-47(67)36-52(72)37-48(68)29-24-31-50(70)39-54(74)42-58(78)61(80)57(77)40-51(71)32-25-35-66-63(64)65/h5-10,12-14,16-24,26-27,29-30,33,43,45-55,57-61,67-75,77-80H,11,15,25,28,31-32,34-42H2,1-4H3,(H,81,82)(H4,64,65,66)(H,83,84,85)/b7-5+,8-6+,12-10+,14-9+,17-13+,20-16+,22-18+,26-19+,29-24+,30-23+,33-21+,44-27+. The molecule has 17 atom stereocenters. The third-order valence-corrected chi connectivity index (χ3v) is 14.1. The van der Waals surface area contributed by atoms with E-state index in [4.69, 9.17) is 20.8 Å². The zero-order valence-corrected chi connectivity index (χ0v) is 51.3. The highest BCUT2D eigenvalue weighted by Gasteiger charge is 2.31. The number of aliphatic hydroxyl groups is 13. The Bertz CT molecular complexity index is 2430. The van der Waals surface area contributed by atoms with Crippen molar-refractivity contribution in [2.75, 3.05) is 6.54 Å². The molecule has 0 heterocycles. The molecule has 0 aliphatic rings. The minimum atomic E-state index is -4.97. The fourth-order valence-corrected chi connectivity index (χ4v) is 8.97. The predicted molar refractivity (Wildman–Crippen MR) is 334 cm³/mol. The second-order valence-corrected chi connectivity index (χ2v) is 22.7. The van der Waals surface area contributed by atoms with E-state index in [1.54, 1.807) is 85.9 Å². The molecule has 0 saturated heterocycles. The number of aliphatic hydroxyl groups excluding tert-OH is 13. The van der Waals surface area contributed by atoms with Crippen LogP contribution in [0.2, 0.25) is 0 Å². The number of hydrogen-bond acceptors (Lipinski definition) is 19. The molecule has 19 N–H and O–H groups in total. The highest BCUT2D eigenvalue weighted by Crippen LogP contribution is 2.22. The second-order valence-electron chi connectivity index (χ2n) is 21.7. The monoisotopic (exact) mass is 1250 g/mol. The fraction of sp³-hybridized carbons (Fsp3) is 0.571. The second kappa shape index (κ2) is 47.6. The summed E-state index contributed by atoms with van der Waals surface area (Å²) in [6.07, 6.45) is 21.0. The van der Waals surface area contributed by atoms with Gasteiger partial charge in [-0.1, -0.05) is 161 Å². The summed E-state index contributed by atoms with van der Waals surface area (Å²) >= 11 is 0. The van der Waals surface area contributed by atoms with E-state index in [0.717, 1.165) is 12.8 Å². The molecule has 0 fully saturated rings. The Kier molecular flexibility index (Phi) is 44.7. The minimum absolute atomic E-state index is 0.0267. The van der Waals surface area contributed by atoms with E-state index in [1.165, 1.54) is 50.3 Å². The average Bonchev–Trinajstić information content (AvgIpc) is 3.64. The number of nitrogens with zero attached hydrogens (tertiary/aromatic N) is 1. The Morgan fingerprint density at radius 1 is 0.529 bits per heavy atom. The van der Waals surface area contributed by atoms with Crippen LogP contribution < -0.4 is 11.5 Å². The first-order valence-electron chi connectivity index (χ1n) is 29.3. The molecule has 24 heteroatoms. The lowest BCUT2D eigenvalue weighted by atomic mass is 9.88. The number of allylic oxidation sites excluding steroid dienone is 16. The molecule has 0 aliphatic carbocycles. The Labute approximate surface area is 513 Å². The Balaban J connectivity index is 4.83. The SMILES string of the molecule is C\C(=C/C=C/C=C/CC/C=C/C(C)C(O)C(C)C(O)/C=C/C=C/C=C/C=C/C=C/C=C/CC(OS(=O)(=O)O)C(C)C(=O)CC(O)CC(O)/C=C/CC(O)CC(O)CC(O)/C=C/CC(O)CC(O)CC(O)C(O)C(O)CC(O)CCCN=C(N)N)C(=O)O. The molecule has 17 unspecified atom stereocenters. The maximum absolute atomic E-state index is 13.1. The molecule has 0 aromatic heterocycles. The maximum Gasteiger partial charge on any atom is 0.397 e. The number of carboxylic acids is 1. The van der Waals surface area contributed by atoms with Gasteiger partial charge in [0, 0.05) is 62.0 Å².